The first-order valence-electron chi connectivity index (χ1n) is 38.1. The van der Waals surface area contributed by atoms with Gasteiger partial charge in [-0.3, -0.25) is 37.3 Å². The molecular formula is C73H142O17P2. The first-order chi connectivity index (χ1) is 44.5. The van der Waals surface area contributed by atoms with Crippen LogP contribution in [0.15, 0.2) is 0 Å². The highest BCUT2D eigenvalue weighted by Gasteiger charge is 2.30. The van der Waals surface area contributed by atoms with Crippen molar-refractivity contribution in [2.24, 2.45) is 5.92 Å². The van der Waals surface area contributed by atoms with E-state index in [-0.39, 0.29) is 25.7 Å². The normalized spacial score (nSPS) is 14.0. The number of aliphatic hydroxyl groups excluding tert-OH is 1. The average molecular weight is 1350 g/mol. The maximum atomic E-state index is 13.1. The molecule has 0 fully saturated rings. The molecule has 92 heavy (non-hydrogen) atoms. The summed E-state index contributed by atoms with van der Waals surface area (Å²) in [7, 11) is -9.89. The smallest absolute Gasteiger partial charge is 0.462 e. The van der Waals surface area contributed by atoms with Crippen molar-refractivity contribution in [2.75, 3.05) is 39.6 Å². The van der Waals surface area contributed by atoms with Crippen LogP contribution in [0.25, 0.3) is 0 Å². The van der Waals surface area contributed by atoms with Gasteiger partial charge >= 0.3 is 39.5 Å². The first kappa shape index (κ1) is 90.1. The minimum Gasteiger partial charge on any atom is -0.462 e. The second-order valence-electron chi connectivity index (χ2n) is 26.8. The van der Waals surface area contributed by atoms with Gasteiger partial charge in [-0.2, -0.15) is 0 Å². The van der Waals surface area contributed by atoms with Crippen LogP contribution in [0.4, 0.5) is 0 Å². The number of aliphatic hydroxyl groups is 1. The van der Waals surface area contributed by atoms with E-state index in [1.165, 1.54) is 199 Å². The number of carbonyl (C=O) groups excluding carboxylic acids is 4. The van der Waals surface area contributed by atoms with Gasteiger partial charge in [0.15, 0.2) is 12.2 Å². The third-order valence-electron chi connectivity index (χ3n) is 17.0. The standard InChI is InChI=1S/C73H142O17P2/c1-6-9-12-15-17-19-21-22-23-24-25-26-27-28-29-32-36-40-44-49-54-59-73(78)90-69(63-84-71(76)57-52-47-42-39-35-33-30-31-34-37-41-46-50-55-66(4)5)65-88-92(81,82)86-61-67(74)60-85-91(79,80)87-64-68(62-83-70(75)56-51-45-14-11-8-3)89-72(77)58-53-48-43-38-20-18-16-13-10-7-2/h66-69,74H,6-65H2,1-5H3,(H,79,80)(H,81,82)/t67-,68+,69+/m0/s1. The molecule has 0 aliphatic carbocycles. The van der Waals surface area contributed by atoms with E-state index in [9.17, 15) is 43.2 Å². The summed E-state index contributed by atoms with van der Waals surface area (Å²) in [6.07, 6.45) is 54.6. The van der Waals surface area contributed by atoms with E-state index in [4.69, 9.17) is 37.0 Å². The second-order valence-corrected chi connectivity index (χ2v) is 29.7. The molecule has 0 rings (SSSR count). The molecule has 0 heterocycles. The fraction of sp³-hybridized carbons (Fsp3) is 0.945. The molecule has 2 unspecified atom stereocenters. The maximum Gasteiger partial charge on any atom is 0.472 e. The van der Waals surface area contributed by atoms with Gasteiger partial charge in [0.1, 0.15) is 19.3 Å². The van der Waals surface area contributed by atoms with E-state index in [0.29, 0.717) is 25.7 Å². The van der Waals surface area contributed by atoms with Crippen LogP contribution in [0.3, 0.4) is 0 Å². The number of hydrogen-bond donors (Lipinski definition) is 3. The Morgan fingerprint density at radius 1 is 0.293 bits per heavy atom. The number of hydrogen-bond acceptors (Lipinski definition) is 15. The molecule has 0 spiro atoms. The lowest BCUT2D eigenvalue weighted by molar-refractivity contribution is -0.161. The number of esters is 4. The molecule has 0 radical (unpaired) electrons. The number of phosphoric acid groups is 2. The van der Waals surface area contributed by atoms with Crippen LogP contribution in [0.2, 0.25) is 0 Å². The van der Waals surface area contributed by atoms with Gasteiger partial charge in [0, 0.05) is 25.7 Å². The maximum absolute atomic E-state index is 13.1. The van der Waals surface area contributed by atoms with Gasteiger partial charge in [-0.1, -0.05) is 330 Å². The summed E-state index contributed by atoms with van der Waals surface area (Å²) in [4.78, 5) is 72.3. The molecule has 17 nitrogen and oxygen atoms in total. The molecule has 0 amide bonds. The Morgan fingerprint density at radius 2 is 0.500 bits per heavy atom. The molecule has 0 saturated heterocycles. The Labute approximate surface area is 562 Å². The van der Waals surface area contributed by atoms with Gasteiger partial charge in [-0.15, -0.1) is 0 Å². The van der Waals surface area contributed by atoms with Crippen molar-refractivity contribution in [3.63, 3.8) is 0 Å². The molecule has 0 saturated carbocycles. The molecule has 3 N–H and O–H groups in total. The number of carbonyl (C=O) groups is 4. The van der Waals surface area contributed by atoms with E-state index in [0.717, 1.165) is 102 Å². The van der Waals surface area contributed by atoms with Gasteiger partial charge in [0.25, 0.3) is 0 Å². The zero-order valence-corrected chi connectivity index (χ0v) is 61.5. The molecule has 0 aromatic rings. The SMILES string of the molecule is CCCCCCCCCCCCCCCCCCCCCCCC(=O)O[C@H](COC(=O)CCCCCCCCCCCCCCCC(C)C)COP(=O)(O)OC[C@@H](O)COP(=O)(O)OC[C@@H](COC(=O)CCCCCCC)OC(=O)CCCCCCCCCCCC. The van der Waals surface area contributed by atoms with Gasteiger partial charge < -0.3 is 33.8 Å². The lowest BCUT2D eigenvalue weighted by atomic mass is 10.0. The van der Waals surface area contributed by atoms with Crippen molar-refractivity contribution < 1.29 is 80.2 Å². The van der Waals surface area contributed by atoms with Gasteiger partial charge in [0.05, 0.1) is 26.4 Å². The zero-order chi connectivity index (χ0) is 67.7. The highest BCUT2D eigenvalue weighted by molar-refractivity contribution is 7.47. The predicted octanol–water partition coefficient (Wildman–Crippen LogP) is 21.3. The molecule has 0 aromatic heterocycles. The van der Waals surface area contributed by atoms with Crippen molar-refractivity contribution in [2.45, 2.75) is 400 Å². The summed E-state index contributed by atoms with van der Waals surface area (Å²) in [6, 6.07) is 0. The van der Waals surface area contributed by atoms with Crippen LogP contribution < -0.4 is 0 Å². The summed E-state index contributed by atoms with van der Waals surface area (Å²) < 4.78 is 68.1. The second kappa shape index (κ2) is 66.3. The molecule has 0 bridgehead atoms. The zero-order valence-electron chi connectivity index (χ0n) is 59.7. The monoisotopic (exact) mass is 1350 g/mol. The van der Waals surface area contributed by atoms with Gasteiger partial charge in [0.2, 0.25) is 0 Å². The van der Waals surface area contributed by atoms with Crippen LogP contribution in [0.5, 0.6) is 0 Å². The fourth-order valence-corrected chi connectivity index (χ4v) is 12.8. The number of ether oxygens (including phenoxy) is 4. The molecule has 546 valence electrons. The lowest BCUT2D eigenvalue weighted by Crippen LogP contribution is -2.30. The third-order valence-corrected chi connectivity index (χ3v) is 18.9. The van der Waals surface area contributed by atoms with Crippen molar-refractivity contribution in [3.8, 4) is 0 Å². The van der Waals surface area contributed by atoms with Crippen LogP contribution >= 0.6 is 15.6 Å². The van der Waals surface area contributed by atoms with Crippen LogP contribution in [0, 0.1) is 5.92 Å². The van der Waals surface area contributed by atoms with E-state index >= 15 is 0 Å². The first-order valence-corrected chi connectivity index (χ1v) is 41.1. The number of rotatable bonds is 73. The number of phosphoric ester groups is 2. The highest BCUT2D eigenvalue weighted by Crippen LogP contribution is 2.45. The largest absolute Gasteiger partial charge is 0.472 e. The predicted molar refractivity (Wildman–Crippen MR) is 372 cm³/mol. The van der Waals surface area contributed by atoms with Crippen molar-refractivity contribution in [1.29, 1.82) is 0 Å². The Balaban J connectivity index is 5.11. The van der Waals surface area contributed by atoms with Crippen molar-refractivity contribution >= 4 is 39.5 Å². The molecular weight excluding hydrogens is 1210 g/mol. The molecule has 5 atom stereocenters. The van der Waals surface area contributed by atoms with Gasteiger partial charge in [-0.05, 0) is 31.6 Å². The molecule has 0 aliphatic rings. The van der Waals surface area contributed by atoms with Crippen molar-refractivity contribution in [1.82, 2.24) is 0 Å². The molecule has 19 heteroatoms. The third kappa shape index (κ3) is 66.7. The van der Waals surface area contributed by atoms with E-state index in [1.807, 2.05) is 0 Å². The van der Waals surface area contributed by atoms with E-state index < -0.39 is 97.5 Å². The Hall–Kier alpha value is -1.94. The summed E-state index contributed by atoms with van der Waals surface area (Å²) >= 11 is 0. The molecule has 0 aromatic carbocycles. The van der Waals surface area contributed by atoms with Crippen molar-refractivity contribution in [3.05, 3.63) is 0 Å². The Kier molecular flexibility index (Phi) is 64.9. The minimum absolute atomic E-state index is 0.106. The molecule has 0 aliphatic heterocycles. The number of unbranched alkanes of at least 4 members (excludes halogenated alkanes) is 45. The van der Waals surface area contributed by atoms with Crippen LogP contribution in [-0.2, 0) is 65.4 Å². The average Bonchev–Trinajstić information content (AvgIpc) is 2.68. The summed E-state index contributed by atoms with van der Waals surface area (Å²) in [5, 5.41) is 10.6. The van der Waals surface area contributed by atoms with Crippen LogP contribution in [0.1, 0.15) is 381 Å². The Morgan fingerprint density at radius 3 is 0.739 bits per heavy atom. The summed E-state index contributed by atoms with van der Waals surface area (Å²) in [5.41, 5.74) is 0. The van der Waals surface area contributed by atoms with E-state index in [2.05, 4.69) is 34.6 Å². The van der Waals surface area contributed by atoms with E-state index in [1.54, 1.807) is 0 Å². The summed E-state index contributed by atoms with van der Waals surface area (Å²) in [6.45, 7) is 7.18. The topological polar surface area (TPSA) is 237 Å². The lowest BCUT2D eigenvalue weighted by Gasteiger charge is -2.21. The Bertz CT molecular complexity index is 1770. The quantitative estimate of drug-likeness (QED) is 0.0222. The fourth-order valence-electron chi connectivity index (χ4n) is 11.2. The summed E-state index contributed by atoms with van der Waals surface area (Å²) in [5.74, 6) is -1.34. The van der Waals surface area contributed by atoms with Gasteiger partial charge in [-0.25, -0.2) is 9.13 Å². The highest BCUT2D eigenvalue weighted by atomic mass is 31.2. The van der Waals surface area contributed by atoms with Crippen LogP contribution in [-0.4, -0.2) is 96.7 Å². The minimum atomic E-state index is -4.95.